The van der Waals surface area contributed by atoms with Crippen molar-refractivity contribution >= 4 is 27.5 Å². The quantitative estimate of drug-likeness (QED) is 0.330. The molecule has 4 aromatic rings. The molecule has 0 aliphatic heterocycles. The van der Waals surface area contributed by atoms with Gasteiger partial charge >= 0.3 is 0 Å². The summed E-state index contributed by atoms with van der Waals surface area (Å²) in [7, 11) is 0. The number of pyridine rings is 2. The molecule has 3 nitrogen and oxygen atoms in total. The first-order valence-corrected chi connectivity index (χ1v) is 5.46. The van der Waals surface area contributed by atoms with Crippen LogP contribution in [0, 0.1) is 6.20 Å². The largest absolute Gasteiger partial charge is 0.446 e. The summed E-state index contributed by atoms with van der Waals surface area (Å²) in [5, 5.41) is 3.45. The molecule has 89 valence electrons. The molecule has 3 heterocycles. The molecular weight excluding hydrogens is 402 g/mol. The average Bonchev–Trinajstić information content (AvgIpc) is 2.89. The van der Waals surface area contributed by atoms with Gasteiger partial charge in [-0.05, 0) is 28.4 Å². The Hall–Kier alpha value is -1.77. The molecule has 1 aromatic carbocycles. The number of rotatable bonds is 0. The number of imidazole rings is 1. The van der Waals surface area contributed by atoms with Crippen LogP contribution in [0.2, 0.25) is 0 Å². The van der Waals surface area contributed by atoms with Crippen molar-refractivity contribution in [3.05, 3.63) is 55.0 Å². The van der Waals surface area contributed by atoms with Crippen molar-refractivity contribution in [2.45, 2.75) is 0 Å². The van der Waals surface area contributed by atoms with Crippen molar-refractivity contribution in [3.8, 4) is 0 Å². The van der Waals surface area contributed by atoms with Crippen LogP contribution in [0.5, 0.6) is 0 Å². The number of fused-ring (bicyclic) bond motifs is 6. The van der Waals surface area contributed by atoms with E-state index in [1.54, 1.807) is 12.4 Å². The van der Waals surface area contributed by atoms with Crippen molar-refractivity contribution in [2.75, 3.05) is 0 Å². The SMILES string of the molecule is [Ir].[c-]1cnc2c3ccccc3c3cccnc3n12. The van der Waals surface area contributed by atoms with Crippen LogP contribution >= 0.6 is 0 Å². The Morgan fingerprint density at radius 2 is 1.50 bits per heavy atom. The molecule has 0 aliphatic carbocycles. The number of aromatic nitrogens is 3. The predicted molar refractivity (Wildman–Crippen MR) is 66.8 cm³/mol. The van der Waals surface area contributed by atoms with E-state index in [-0.39, 0.29) is 20.1 Å². The van der Waals surface area contributed by atoms with Crippen molar-refractivity contribution in [1.29, 1.82) is 0 Å². The summed E-state index contributed by atoms with van der Waals surface area (Å²) in [6.07, 6.45) is 6.58. The molecule has 0 N–H and O–H groups in total. The Morgan fingerprint density at radius 3 is 2.33 bits per heavy atom. The fraction of sp³-hybridized carbons (Fsp3) is 0. The summed E-state index contributed by atoms with van der Waals surface area (Å²) in [6.45, 7) is 0. The molecule has 4 rings (SSSR count). The van der Waals surface area contributed by atoms with Crippen LogP contribution in [0.25, 0.3) is 27.5 Å². The molecule has 0 spiro atoms. The number of benzene rings is 1. The molecule has 0 saturated heterocycles. The summed E-state index contributed by atoms with van der Waals surface area (Å²) in [5.41, 5.74) is 1.81. The third-order valence-electron chi connectivity index (χ3n) is 3.04. The monoisotopic (exact) mass is 411 g/mol. The van der Waals surface area contributed by atoms with Crippen molar-refractivity contribution in [3.63, 3.8) is 0 Å². The maximum absolute atomic E-state index is 4.42. The van der Waals surface area contributed by atoms with Gasteiger partial charge in [0.1, 0.15) is 0 Å². The second-order valence-electron chi connectivity index (χ2n) is 3.97. The minimum Gasteiger partial charge on any atom is -0.446 e. The molecule has 0 amide bonds. The standard InChI is InChI=1S/C14H8N3.Ir/c1-2-5-11-10(4-1)12-6-3-7-15-13(12)17-9-8-16-14(11)17;/h1-8H;/q-1;. The zero-order chi connectivity index (χ0) is 11.2. The number of nitrogens with zero attached hydrogens (tertiary/aromatic N) is 3. The molecule has 0 atom stereocenters. The van der Waals surface area contributed by atoms with Gasteiger partial charge in [-0.25, -0.2) is 0 Å². The van der Waals surface area contributed by atoms with Crippen LogP contribution in [-0.2, 0) is 20.1 Å². The van der Waals surface area contributed by atoms with E-state index in [1.807, 2.05) is 22.6 Å². The Morgan fingerprint density at radius 1 is 0.833 bits per heavy atom. The normalized spacial score (nSPS) is 10.9. The maximum Gasteiger partial charge on any atom is 0.0352 e. The van der Waals surface area contributed by atoms with Gasteiger partial charge in [-0.2, -0.15) is 0 Å². The van der Waals surface area contributed by atoms with Crippen molar-refractivity contribution in [1.82, 2.24) is 14.4 Å². The Kier molecular flexibility index (Phi) is 2.62. The molecule has 0 fully saturated rings. The molecule has 0 unspecified atom stereocenters. The molecule has 18 heavy (non-hydrogen) atoms. The minimum absolute atomic E-state index is 0. The Labute approximate surface area is 117 Å². The maximum atomic E-state index is 4.42. The molecule has 0 saturated carbocycles. The van der Waals surface area contributed by atoms with E-state index in [0.29, 0.717) is 0 Å². The summed E-state index contributed by atoms with van der Waals surface area (Å²) in [4.78, 5) is 8.79. The van der Waals surface area contributed by atoms with Crippen molar-refractivity contribution in [2.24, 2.45) is 0 Å². The topological polar surface area (TPSA) is 30.2 Å². The van der Waals surface area contributed by atoms with Gasteiger partial charge in [-0.1, -0.05) is 36.5 Å². The fourth-order valence-electron chi connectivity index (χ4n) is 2.32. The fourth-order valence-corrected chi connectivity index (χ4v) is 2.32. The van der Waals surface area contributed by atoms with E-state index in [0.717, 1.165) is 22.1 Å². The van der Waals surface area contributed by atoms with E-state index in [2.05, 4.69) is 34.4 Å². The summed E-state index contributed by atoms with van der Waals surface area (Å²) >= 11 is 0. The molecule has 0 aliphatic rings. The van der Waals surface area contributed by atoms with Crippen LogP contribution in [0.3, 0.4) is 0 Å². The first kappa shape index (κ1) is 11.3. The second kappa shape index (κ2) is 4.16. The van der Waals surface area contributed by atoms with E-state index in [9.17, 15) is 0 Å². The average molecular weight is 410 g/mol. The molecule has 4 heteroatoms. The first-order valence-electron chi connectivity index (χ1n) is 5.46. The number of hydrogen-bond donors (Lipinski definition) is 0. The molecule has 1 radical (unpaired) electrons. The van der Waals surface area contributed by atoms with Crippen LogP contribution in [0.15, 0.2) is 48.8 Å². The van der Waals surface area contributed by atoms with Gasteiger partial charge in [0, 0.05) is 37.6 Å². The van der Waals surface area contributed by atoms with Crippen LogP contribution in [-0.4, -0.2) is 14.4 Å². The van der Waals surface area contributed by atoms with Gasteiger partial charge in [0.15, 0.2) is 0 Å². The van der Waals surface area contributed by atoms with Crippen molar-refractivity contribution < 1.29 is 20.1 Å². The van der Waals surface area contributed by atoms with Crippen LogP contribution < -0.4 is 0 Å². The van der Waals surface area contributed by atoms with E-state index in [4.69, 9.17) is 0 Å². The van der Waals surface area contributed by atoms with Gasteiger partial charge in [-0.3, -0.25) is 0 Å². The second-order valence-corrected chi connectivity index (χ2v) is 3.97. The third-order valence-corrected chi connectivity index (χ3v) is 3.04. The first-order chi connectivity index (χ1) is 8.45. The number of hydrogen-bond acceptors (Lipinski definition) is 2. The minimum atomic E-state index is 0. The van der Waals surface area contributed by atoms with Gasteiger partial charge in [-0.15, -0.1) is 0 Å². The van der Waals surface area contributed by atoms with Gasteiger partial charge in [0.05, 0.1) is 0 Å². The van der Waals surface area contributed by atoms with E-state index >= 15 is 0 Å². The van der Waals surface area contributed by atoms with Gasteiger partial charge < -0.3 is 14.4 Å². The summed E-state index contributed by atoms with van der Waals surface area (Å²) in [6, 6.07) is 12.3. The zero-order valence-corrected chi connectivity index (χ0v) is 11.7. The van der Waals surface area contributed by atoms with Crippen LogP contribution in [0.4, 0.5) is 0 Å². The predicted octanol–water partition coefficient (Wildman–Crippen LogP) is 2.83. The Bertz CT molecular complexity index is 781. The van der Waals surface area contributed by atoms with Gasteiger partial charge in [0.25, 0.3) is 0 Å². The molecule has 0 bridgehead atoms. The molecular formula is C14H8IrN3-. The van der Waals surface area contributed by atoms with E-state index < -0.39 is 0 Å². The smallest absolute Gasteiger partial charge is 0.0352 e. The van der Waals surface area contributed by atoms with Gasteiger partial charge in [0.2, 0.25) is 0 Å². The summed E-state index contributed by atoms with van der Waals surface area (Å²) in [5.74, 6) is 0. The van der Waals surface area contributed by atoms with E-state index in [1.165, 1.54) is 5.39 Å². The Balaban J connectivity index is 0.000001000. The summed E-state index contributed by atoms with van der Waals surface area (Å²) < 4.78 is 1.91. The molecule has 3 aromatic heterocycles. The van der Waals surface area contributed by atoms with Crippen LogP contribution in [0.1, 0.15) is 0 Å². The zero-order valence-electron chi connectivity index (χ0n) is 9.29. The third kappa shape index (κ3) is 1.40.